The van der Waals surface area contributed by atoms with Crippen molar-refractivity contribution in [2.24, 2.45) is 0 Å². The Hall–Kier alpha value is -1.38. The highest BCUT2D eigenvalue weighted by Gasteiger charge is 2.12. The van der Waals surface area contributed by atoms with Crippen molar-refractivity contribution in [2.75, 3.05) is 7.11 Å². The first-order chi connectivity index (χ1) is 9.65. The van der Waals surface area contributed by atoms with Crippen molar-refractivity contribution in [3.8, 4) is 18.1 Å². The van der Waals surface area contributed by atoms with Crippen LogP contribution in [0.5, 0.6) is 5.75 Å². The number of methoxy groups -OCH3 is 1. The van der Waals surface area contributed by atoms with E-state index in [-0.39, 0.29) is 6.04 Å². The van der Waals surface area contributed by atoms with Crippen LogP contribution in [0.4, 0.5) is 0 Å². The zero-order chi connectivity index (χ0) is 14.5. The number of ether oxygens (including phenoxy) is 1. The van der Waals surface area contributed by atoms with Crippen molar-refractivity contribution in [3.63, 3.8) is 0 Å². The van der Waals surface area contributed by atoms with Gasteiger partial charge in [-0.15, -0.1) is 12.3 Å². The summed E-state index contributed by atoms with van der Waals surface area (Å²) in [6.07, 6.45) is 9.82. The van der Waals surface area contributed by atoms with Gasteiger partial charge in [-0.05, 0) is 41.1 Å². The molecule has 1 heterocycles. The lowest BCUT2D eigenvalue weighted by Gasteiger charge is -2.14. The third-order valence-electron chi connectivity index (χ3n) is 2.86. The summed E-state index contributed by atoms with van der Waals surface area (Å²) in [5, 5.41) is 0.918. The molecule has 0 radical (unpaired) electrons. The van der Waals surface area contributed by atoms with E-state index < -0.39 is 0 Å². The molecule has 0 spiro atoms. The third-order valence-corrected chi connectivity index (χ3v) is 4.87. The molecule has 1 atom stereocenters. The summed E-state index contributed by atoms with van der Waals surface area (Å²) in [5.41, 5.74) is 0. The van der Waals surface area contributed by atoms with Crippen LogP contribution in [0.3, 0.4) is 0 Å². The van der Waals surface area contributed by atoms with Gasteiger partial charge in [0.2, 0.25) is 0 Å². The van der Waals surface area contributed by atoms with E-state index in [1.807, 2.05) is 24.4 Å². The summed E-state index contributed by atoms with van der Waals surface area (Å²) < 4.78 is 8.37. The zero-order valence-corrected chi connectivity index (χ0v) is 13.7. The number of halogens is 1. The molecule has 2 aromatic rings. The van der Waals surface area contributed by atoms with E-state index in [1.165, 1.54) is 0 Å². The van der Waals surface area contributed by atoms with Crippen LogP contribution in [0.1, 0.15) is 19.4 Å². The Labute approximate surface area is 131 Å². The first-order valence-electron chi connectivity index (χ1n) is 6.13. The maximum atomic E-state index is 5.39. The fourth-order valence-electron chi connectivity index (χ4n) is 1.77. The Balaban J connectivity index is 2.27. The lowest BCUT2D eigenvalue weighted by molar-refractivity contribution is 0.413. The normalized spacial score (nSPS) is 11.9. The van der Waals surface area contributed by atoms with Gasteiger partial charge in [-0.3, -0.25) is 0 Å². The molecule has 3 nitrogen and oxygen atoms in total. The minimum atomic E-state index is 0.231. The summed E-state index contributed by atoms with van der Waals surface area (Å²) in [6.45, 7) is 2.09. The Kier molecular flexibility index (Phi) is 5.16. The average Bonchev–Trinajstić information content (AvgIpc) is 2.90. The highest BCUT2D eigenvalue weighted by atomic mass is 79.9. The van der Waals surface area contributed by atoms with Gasteiger partial charge in [0.05, 0.1) is 7.11 Å². The molecule has 1 unspecified atom stereocenters. The maximum Gasteiger partial charge on any atom is 0.173 e. The van der Waals surface area contributed by atoms with Gasteiger partial charge in [0.1, 0.15) is 5.75 Å². The predicted molar refractivity (Wildman–Crippen MR) is 85.2 cm³/mol. The van der Waals surface area contributed by atoms with Crippen molar-refractivity contribution < 1.29 is 4.74 Å². The molecule has 0 amide bonds. The topological polar surface area (TPSA) is 27.1 Å². The predicted octanol–water partition coefficient (Wildman–Crippen LogP) is 4.39. The van der Waals surface area contributed by atoms with Crippen LogP contribution in [0.25, 0.3) is 0 Å². The van der Waals surface area contributed by atoms with Crippen molar-refractivity contribution in [1.29, 1.82) is 0 Å². The monoisotopic (exact) mass is 350 g/mol. The molecule has 0 aliphatic rings. The van der Waals surface area contributed by atoms with Gasteiger partial charge in [-0.25, -0.2) is 4.98 Å². The fraction of sp³-hybridized carbons (Fsp3) is 0.267. The molecule has 0 aliphatic heterocycles. The van der Waals surface area contributed by atoms with E-state index in [1.54, 1.807) is 25.1 Å². The molecular formula is C15H15BrN2OS. The second-order valence-corrected chi connectivity index (χ2v) is 6.14. The van der Waals surface area contributed by atoms with E-state index in [0.717, 1.165) is 20.3 Å². The first-order valence-corrected chi connectivity index (χ1v) is 7.74. The largest absolute Gasteiger partial charge is 0.497 e. The highest BCUT2D eigenvalue weighted by molar-refractivity contribution is 9.10. The van der Waals surface area contributed by atoms with Crippen LogP contribution >= 0.6 is 27.7 Å². The number of benzene rings is 1. The molecule has 0 saturated carbocycles. The summed E-state index contributed by atoms with van der Waals surface area (Å²) in [6, 6.07) is 6.11. The van der Waals surface area contributed by atoms with E-state index in [4.69, 9.17) is 11.2 Å². The Morgan fingerprint density at radius 2 is 2.35 bits per heavy atom. The molecule has 1 aromatic carbocycles. The first kappa shape index (κ1) is 15.0. The number of nitrogens with zero attached hydrogens (tertiary/aromatic N) is 2. The standard InChI is InChI=1S/C15H15BrN2OS/c1-4-5-11(2)18-9-8-17-15(18)20-14-10-12(19-3)6-7-13(14)16/h1,6-11H,5H2,2-3H3. The third kappa shape index (κ3) is 3.38. The van der Waals surface area contributed by atoms with Gasteiger partial charge in [-0.1, -0.05) is 11.8 Å². The van der Waals surface area contributed by atoms with E-state index >= 15 is 0 Å². The van der Waals surface area contributed by atoms with Crippen LogP contribution in [0, 0.1) is 12.3 Å². The number of terminal acetylenes is 1. The number of imidazole rings is 1. The second-order valence-electron chi connectivity index (χ2n) is 4.27. The van der Waals surface area contributed by atoms with Crippen LogP contribution < -0.4 is 4.74 Å². The van der Waals surface area contributed by atoms with Gasteiger partial charge in [0.25, 0.3) is 0 Å². The minimum Gasteiger partial charge on any atom is -0.497 e. The molecule has 0 bridgehead atoms. The van der Waals surface area contributed by atoms with Crippen molar-refractivity contribution in [3.05, 3.63) is 35.1 Å². The average molecular weight is 351 g/mol. The summed E-state index contributed by atoms with van der Waals surface area (Å²) >= 11 is 5.14. The van der Waals surface area contributed by atoms with Gasteiger partial charge in [-0.2, -0.15) is 0 Å². The second kappa shape index (κ2) is 6.87. The molecule has 20 heavy (non-hydrogen) atoms. The molecule has 2 rings (SSSR count). The molecule has 0 saturated heterocycles. The lowest BCUT2D eigenvalue weighted by Crippen LogP contribution is -2.04. The van der Waals surface area contributed by atoms with E-state index in [2.05, 4.69) is 38.3 Å². The zero-order valence-electron chi connectivity index (χ0n) is 11.3. The molecule has 5 heteroatoms. The number of hydrogen-bond donors (Lipinski definition) is 0. The van der Waals surface area contributed by atoms with Gasteiger partial charge < -0.3 is 9.30 Å². The molecule has 104 valence electrons. The van der Waals surface area contributed by atoms with Gasteiger partial charge >= 0.3 is 0 Å². The van der Waals surface area contributed by atoms with Gasteiger partial charge in [0.15, 0.2) is 5.16 Å². The molecular weight excluding hydrogens is 336 g/mol. The smallest absolute Gasteiger partial charge is 0.173 e. The van der Waals surface area contributed by atoms with Crippen LogP contribution in [0.15, 0.2) is 45.1 Å². The van der Waals surface area contributed by atoms with Crippen LogP contribution in [0.2, 0.25) is 0 Å². The number of rotatable bonds is 5. The maximum absolute atomic E-state index is 5.39. The SMILES string of the molecule is C#CCC(C)n1ccnc1Sc1cc(OC)ccc1Br. The van der Waals surface area contributed by atoms with Crippen molar-refractivity contribution in [2.45, 2.75) is 29.4 Å². The number of aromatic nitrogens is 2. The number of hydrogen-bond acceptors (Lipinski definition) is 3. The van der Waals surface area contributed by atoms with Gasteiger partial charge in [0, 0.05) is 34.2 Å². The fourth-order valence-corrected chi connectivity index (χ4v) is 3.26. The van der Waals surface area contributed by atoms with E-state index in [0.29, 0.717) is 6.42 Å². The summed E-state index contributed by atoms with van der Waals surface area (Å²) in [4.78, 5) is 5.47. The van der Waals surface area contributed by atoms with Crippen molar-refractivity contribution >= 4 is 27.7 Å². The van der Waals surface area contributed by atoms with E-state index in [9.17, 15) is 0 Å². The van der Waals surface area contributed by atoms with Crippen LogP contribution in [-0.2, 0) is 0 Å². The lowest BCUT2D eigenvalue weighted by atomic mass is 10.2. The summed E-state index contributed by atoms with van der Waals surface area (Å²) in [5.74, 6) is 3.51. The Bertz CT molecular complexity index is 633. The Morgan fingerprint density at radius 1 is 1.55 bits per heavy atom. The molecule has 0 fully saturated rings. The Morgan fingerprint density at radius 3 is 3.05 bits per heavy atom. The molecule has 0 N–H and O–H groups in total. The minimum absolute atomic E-state index is 0.231. The van der Waals surface area contributed by atoms with Crippen LogP contribution in [-0.4, -0.2) is 16.7 Å². The molecule has 0 aliphatic carbocycles. The summed E-state index contributed by atoms with van der Waals surface area (Å²) in [7, 11) is 1.66. The highest BCUT2D eigenvalue weighted by Crippen LogP contribution is 2.36. The quantitative estimate of drug-likeness (QED) is 0.748. The van der Waals surface area contributed by atoms with Crippen molar-refractivity contribution in [1.82, 2.24) is 9.55 Å². The molecule has 1 aromatic heterocycles.